The van der Waals surface area contributed by atoms with Crippen LogP contribution in [0.25, 0.3) is 0 Å². The van der Waals surface area contributed by atoms with Gasteiger partial charge in [-0.1, -0.05) is 30.3 Å². The van der Waals surface area contributed by atoms with Crippen LogP contribution < -0.4 is 16.0 Å². The Labute approximate surface area is 159 Å². The minimum Gasteiger partial charge on any atom is -0.349 e. The van der Waals surface area contributed by atoms with Crippen LogP contribution in [0.15, 0.2) is 65.7 Å². The van der Waals surface area contributed by atoms with Crippen LogP contribution in [-0.2, 0) is 0 Å². The van der Waals surface area contributed by atoms with Crippen LogP contribution in [-0.4, -0.2) is 23.5 Å². The van der Waals surface area contributed by atoms with E-state index >= 15 is 0 Å². The van der Waals surface area contributed by atoms with E-state index in [1.54, 1.807) is 48.5 Å². The molecule has 0 fully saturated rings. The van der Waals surface area contributed by atoms with Gasteiger partial charge in [-0.25, -0.2) is 0 Å². The molecule has 2 aromatic rings. The molecular weight excluding hydrogens is 402 g/mol. The molecule has 2 aromatic carbocycles. The normalized spacial score (nSPS) is 9.80. The van der Waals surface area contributed by atoms with Crippen LogP contribution in [0.1, 0.15) is 20.7 Å². The summed E-state index contributed by atoms with van der Waals surface area (Å²) in [6.45, 7) is 3.92. The van der Waals surface area contributed by atoms with Gasteiger partial charge < -0.3 is 10.6 Å². The van der Waals surface area contributed by atoms with Gasteiger partial charge in [0.1, 0.15) is 0 Å². The lowest BCUT2D eigenvalue weighted by molar-refractivity contribution is 0.0956. The predicted octanol–water partition coefficient (Wildman–Crippen LogP) is 3.49. The maximum absolute atomic E-state index is 12.3. The second kappa shape index (κ2) is 9.10. The molecule has 5 nitrogen and oxygen atoms in total. The highest BCUT2D eigenvalue weighted by Crippen LogP contribution is 2.17. The van der Waals surface area contributed by atoms with Gasteiger partial charge in [-0.05, 0) is 52.4 Å². The summed E-state index contributed by atoms with van der Waals surface area (Å²) in [5.74, 6) is -0.610. The zero-order chi connectivity index (χ0) is 18.2. The van der Waals surface area contributed by atoms with Crippen LogP contribution in [0.2, 0.25) is 0 Å². The van der Waals surface area contributed by atoms with Gasteiger partial charge in [0.15, 0.2) is 5.11 Å². The average molecular weight is 418 g/mol. The van der Waals surface area contributed by atoms with Crippen molar-refractivity contribution in [2.75, 3.05) is 11.9 Å². The molecule has 128 valence electrons. The summed E-state index contributed by atoms with van der Waals surface area (Å²) in [5.41, 5.74) is 1.38. The molecule has 0 atom stereocenters. The molecule has 25 heavy (non-hydrogen) atoms. The largest absolute Gasteiger partial charge is 0.349 e. The van der Waals surface area contributed by atoms with Crippen LogP contribution >= 0.6 is 28.1 Å². The van der Waals surface area contributed by atoms with Gasteiger partial charge in [-0.2, -0.15) is 0 Å². The molecule has 7 heteroatoms. The van der Waals surface area contributed by atoms with Crippen molar-refractivity contribution in [3.8, 4) is 0 Å². The number of thiocarbonyl (C=S) groups is 1. The van der Waals surface area contributed by atoms with Crippen LogP contribution in [0, 0.1) is 0 Å². The van der Waals surface area contributed by atoms with E-state index < -0.39 is 0 Å². The third-order valence-electron chi connectivity index (χ3n) is 3.17. The first-order valence-electron chi connectivity index (χ1n) is 7.38. The third-order valence-corrected chi connectivity index (χ3v) is 4.07. The van der Waals surface area contributed by atoms with Gasteiger partial charge in [0.05, 0.1) is 16.8 Å². The molecule has 0 bridgehead atoms. The molecule has 0 aromatic heterocycles. The molecule has 2 rings (SSSR count). The molecule has 0 aliphatic heterocycles. The number of benzene rings is 2. The SMILES string of the molecule is C=CCNC(=O)c1ccccc1NC(=S)NC(=O)c1ccccc1Br. The summed E-state index contributed by atoms with van der Waals surface area (Å²) >= 11 is 8.51. The second-order valence-corrected chi connectivity index (χ2v) is 6.19. The molecule has 0 unspecified atom stereocenters. The highest BCUT2D eigenvalue weighted by molar-refractivity contribution is 9.10. The first-order valence-corrected chi connectivity index (χ1v) is 8.58. The van der Waals surface area contributed by atoms with Crippen LogP contribution in [0.5, 0.6) is 0 Å². The third kappa shape index (κ3) is 5.23. The Morgan fingerprint density at radius 3 is 2.36 bits per heavy atom. The van der Waals surface area contributed by atoms with Crippen molar-refractivity contribution in [1.29, 1.82) is 0 Å². The van der Waals surface area contributed by atoms with Crippen molar-refractivity contribution in [2.24, 2.45) is 0 Å². The van der Waals surface area contributed by atoms with E-state index in [0.717, 1.165) is 0 Å². The summed E-state index contributed by atoms with van der Waals surface area (Å²) in [4.78, 5) is 24.4. The first-order chi connectivity index (χ1) is 12.0. The lowest BCUT2D eigenvalue weighted by Crippen LogP contribution is -2.35. The quantitative estimate of drug-likeness (QED) is 0.514. The van der Waals surface area contributed by atoms with Gasteiger partial charge in [-0.3, -0.25) is 14.9 Å². The van der Waals surface area contributed by atoms with Crippen LogP contribution in [0.4, 0.5) is 5.69 Å². The highest BCUT2D eigenvalue weighted by atomic mass is 79.9. The zero-order valence-electron chi connectivity index (χ0n) is 13.2. The predicted molar refractivity (Wildman–Crippen MR) is 107 cm³/mol. The van der Waals surface area contributed by atoms with Crippen molar-refractivity contribution in [2.45, 2.75) is 0 Å². The Morgan fingerprint density at radius 1 is 1.04 bits per heavy atom. The van der Waals surface area contributed by atoms with Crippen molar-refractivity contribution < 1.29 is 9.59 Å². The van der Waals surface area contributed by atoms with E-state index in [1.807, 2.05) is 6.07 Å². The van der Waals surface area contributed by atoms with Gasteiger partial charge in [0.25, 0.3) is 11.8 Å². The second-order valence-electron chi connectivity index (χ2n) is 4.93. The van der Waals surface area contributed by atoms with Crippen molar-refractivity contribution in [1.82, 2.24) is 10.6 Å². The minimum atomic E-state index is -0.349. The summed E-state index contributed by atoms with van der Waals surface area (Å²) < 4.78 is 0.666. The molecule has 0 radical (unpaired) electrons. The summed E-state index contributed by atoms with van der Waals surface area (Å²) in [5, 5.41) is 8.29. The molecule has 0 saturated heterocycles. The fourth-order valence-electron chi connectivity index (χ4n) is 2.02. The lowest BCUT2D eigenvalue weighted by Gasteiger charge is -2.13. The Hall–Kier alpha value is -2.51. The maximum atomic E-state index is 12.3. The van der Waals surface area contributed by atoms with E-state index in [2.05, 4.69) is 38.5 Å². The van der Waals surface area contributed by atoms with E-state index in [-0.39, 0.29) is 16.9 Å². The monoisotopic (exact) mass is 417 g/mol. The first kappa shape index (κ1) is 18.8. The fourth-order valence-corrected chi connectivity index (χ4v) is 2.69. The maximum Gasteiger partial charge on any atom is 0.258 e. The van der Waals surface area contributed by atoms with Gasteiger partial charge in [-0.15, -0.1) is 6.58 Å². The smallest absolute Gasteiger partial charge is 0.258 e. The van der Waals surface area contributed by atoms with Gasteiger partial charge in [0.2, 0.25) is 0 Å². The fraction of sp³-hybridized carbons (Fsp3) is 0.0556. The van der Waals surface area contributed by atoms with Gasteiger partial charge >= 0.3 is 0 Å². The number of para-hydroxylation sites is 1. The van der Waals surface area contributed by atoms with E-state index in [9.17, 15) is 9.59 Å². The van der Waals surface area contributed by atoms with Gasteiger partial charge in [0, 0.05) is 11.0 Å². The molecule has 0 aliphatic carbocycles. The average Bonchev–Trinajstić information content (AvgIpc) is 2.60. The summed E-state index contributed by atoms with van der Waals surface area (Å²) in [6.07, 6.45) is 1.59. The Morgan fingerprint density at radius 2 is 1.68 bits per heavy atom. The van der Waals surface area contributed by atoms with E-state index in [1.165, 1.54) is 0 Å². The number of anilines is 1. The number of halogens is 1. The van der Waals surface area contributed by atoms with Crippen molar-refractivity contribution >= 4 is 50.8 Å². The molecule has 2 amide bonds. The van der Waals surface area contributed by atoms with Crippen molar-refractivity contribution in [3.63, 3.8) is 0 Å². The number of carbonyl (C=O) groups excluding carboxylic acids is 2. The Balaban J connectivity index is 2.08. The van der Waals surface area contributed by atoms with Crippen LogP contribution in [0.3, 0.4) is 0 Å². The molecule has 3 N–H and O–H groups in total. The molecule has 0 heterocycles. The molecule has 0 spiro atoms. The Bertz CT molecular complexity index is 823. The molecular formula is C18H16BrN3O2S. The number of nitrogens with one attached hydrogen (secondary N) is 3. The topological polar surface area (TPSA) is 70.2 Å². The number of amides is 2. The van der Waals surface area contributed by atoms with Crippen molar-refractivity contribution in [3.05, 3.63) is 76.8 Å². The number of carbonyl (C=O) groups is 2. The zero-order valence-corrected chi connectivity index (χ0v) is 15.6. The summed E-state index contributed by atoms with van der Waals surface area (Å²) in [6, 6.07) is 13.9. The molecule has 0 saturated carbocycles. The summed E-state index contributed by atoms with van der Waals surface area (Å²) in [7, 11) is 0. The van der Waals surface area contributed by atoms with E-state index in [0.29, 0.717) is 27.8 Å². The minimum absolute atomic E-state index is 0.102. The standard InChI is InChI=1S/C18H16BrN3O2S/c1-2-11-20-16(23)13-8-4-6-10-15(13)21-18(25)22-17(24)12-7-3-5-9-14(12)19/h2-10H,1,11H2,(H,20,23)(H2,21,22,24,25). The van der Waals surface area contributed by atoms with E-state index in [4.69, 9.17) is 12.2 Å². The Kier molecular flexibility index (Phi) is 6.85. The number of hydrogen-bond acceptors (Lipinski definition) is 3. The lowest BCUT2D eigenvalue weighted by atomic mass is 10.1. The molecule has 0 aliphatic rings. The number of hydrogen-bond donors (Lipinski definition) is 3. The highest BCUT2D eigenvalue weighted by Gasteiger charge is 2.14. The number of rotatable bonds is 5.